The molecule has 1 aromatic rings. The van der Waals surface area contributed by atoms with E-state index in [4.69, 9.17) is 4.74 Å². The fraction of sp³-hybridized carbons (Fsp3) is 0.684. The summed E-state index contributed by atoms with van der Waals surface area (Å²) in [5.41, 5.74) is 0.906. The molecule has 146 valence electrons. The molecule has 27 heavy (non-hydrogen) atoms. The Labute approximate surface area is 159 Å². The molecule has 0 bridgehead atoms. The van der Waals surface area contributed by atoms with Crippen molar-refractivity contribution in [2.24, 2.45) is 11.8 Å². The van der Waals surface area contributed by atoms with Crippen LogP contribution >= 0.6 is 0 Å². The van der Waals surface area contributed by atoms with Crippen molar-refractivity contribution in [2.75, 3.05) is 44.3 Å². The largest absolute Gasteiger partial charge is 0.381 e. The van der Waals surface area contributed by atoms with Gasteiger partial charge >= 0.3 is 0 Å². The number of rotatable bonds is 5. The highest BCUT2D eigenvalue weighted by Gasteiger charge is 2.38. The summed E-state index contributed by atoms with van der Waals surface area (Å²) in [5, 5.41) is 11.3. The summed E-state index contributed by atoms with van der Waals surface area (Å²) >= 11 is 0. The van der Waals surface area contributed by atoms with Crippen molar-refractivity contribution in [1.82, 2.24) is 20.4 Å². The topological polar surface area (TPSA) is 87.7 Å². The number of ether oxygens (including phenoxy) is 1. The number of nitrogens with zero attached hydrogens (tertiary/aromatic N) is 4. The SMILES string of the molecule is Cc1ccc(N2CC(CNC(=O)C3CC(=O)N(C4CCOCC4)C3)C2)nn1. The lowest BCUT2D eigenvalue weighted by Crippen LogP contribution is -2.52. The van der Waals surface area contributed by atoms with Gasteiger partial charge in [-0.15, -0.1) is 5.10 Å². The summed E-state index contributed by atoms with van der Waals surface area (Å²) in [6.45, 7) is 6.26. The molecule has 3 fully saturated rings. The summed E-state index contributed by atoms with van der Waals surface area (Å²) in [7, 11) is 0. The average Bonchev–Trinajstić information content (AvgIpc) is 3.04. The highest BCUT2D eigenvalue weighted by atomic mass is 16.5. The lowest BCUT2D eigenvalue weighted by molar-refractivity contribution is -0.131. The number of nitrogens with one attached hydrogen (secondary N) is 1. The van der Waals surface area contributed by atoms with Gasteiger partial charge in [-0.25, -0.2) is 0 Å². The number of anilines is 1. The highest BCUT2D eigenvalue weighted by molar-refractivity contribution is 5.89. The number of hydrogen-bond donors (Lipinski definition) is 1. The van der Waals surface area contributed by atoms with Crippen LogP contribution in [0.1, 0.15) is 25.0 Å². The molecule has 8 nitrogen and oxygen atoms in total. The van der Waals surface area contributed by atoms with Gasteiger partial charge in [-0.3, -0.25) is 9.59 Å². The predicted octanol–water partition coefficient (Wildman–Crippen LogP) is 0.365. The molecule has 4 heterocycles. The maximum absolute atomic E-state index is 12.5. The summed E-state index contributed by atoms with van der Waals surface area (Å²) < 4.78 is 5.37. The van der Waals surface area contributed by atoms with Crippen LogP contribution in [0, 0.1) is 18.8 Å². The zero-order chi connectivity index (χ0) is 18.8. The van der Waals surface area contributed by atoms with Crippen LogP contribution in [0.25, 0.3) is 0 Å². The number of amides is 2. The van der Waals surface area contributed by atoms with Gasteiger partial charge in [0.15, 0.2) is 5.82 Å². The first-order valence-electron chi connectivity index (χ1n) is 9.80. The molecular weight excluding hydrogens is 346 g/mol. The first kappa shape index (κ1) is 18.2. The normalized spacial score (nSPS) is 24.2. The summed E-state index contributed by atoms with van der Waals surface area (Å²) in [6.07, 6.45) is 2.08. The molecular formula is C19H27N5O3. The monoisotopic (exact) mass is 373 g/mol. The molecule has 1 unspecified atom stereocenters. The minimum absolute atomic E-state index is 0.00601. The Balaban J connectivity index is 1.20. The number of hydrogen-bond acceptors (Lipinski definition) is 6. The van der Waals surface area contributed by atoms with Crippen LogP contribution in [0.5, 0.6) is 0 Å². The van der Waals surface area contributed by atoms with E-state index in [-0.39, 0.29) is 23.8 Å². The smallest absolute Gasteiger partial charge is 0.225 e. The molecule has 1 aromatic heterocycles. The maximum atomic E-state index is 12.5. The Hall–Kier alpha value is -2.22. The van der Waals surface area contributed by atoms with E-state index in [1.807, 2.05) is 24.0 Å². The van der Waals surface area contributed by atoms with E-state index in [9.17, 15) is 9.59 Å². The van der Waals surface area contributed by atoms with E-state index >= 15 is 0 Å². The van der Waals surface area contributed by atoms with Gasteiger partial charge < -0.3 is 19.9 Å². The van der Waals surface area contributed by atoms with Crippen molar-refractivity contribution in [3.8, 4) is 0 Å². The number of carbonyl (C=O) groups is 2. The van der Waals surface area contributed by atoms with Crippen molar-refractivity contribution in [3.63, 3.8) is 0 Å². The molecule has 3 aliphatic rings. The molecule has 1 atom stereocenters. The Kier molecular flexibility index (Phi) is 5.24. The van der Waals surface area contributed by atoms with Crippen LogP contribution in [0.3, 0.4) is 0 Å². The van der Waals surface area contributed by atoms with Gasteiger partial charge in [-0.2, -0.15) is 5.10 Å². The van der Waals surface area contributed by atoms with Crippen molar-refractivity contribution >= 4 is 17.6 Å². The van der Waals surface area contributed by atoms with E-state index in [0.717, 1.165) is 37.4 Å². The third-order valence-corrected chi connectivity index (χ3v) is 5.79. The van der Waals surface area contributed by atoms with E-state index < -0.39 is 0 Å². The van der Waals surface area contributed by atoms with Gasteiger partial charge in [0.25, 0.3) is 0 Å². The maximum Gasteiger partial charge on any atom is 0.225 e. The first-order chi connectivity index (χ1) is 13.1. The van der Waals surface area contributed by atoms with Crippen molar-refractivity contribution in [2.45, 2.75) is 32.2 Å². The molecule has 0 radical (unpaired) electrons. The van der Waals surface area contributed by atoms with Crippen molar-refractivity contribution in [1.29, 1.82) is 0 Å². The van der Waals surface area contributed by atoms with Crippen LogP contribution < -0.4 is 10.2 Å². The first-order valence-corrected chi connectivity index (χ1v) is 9.80. The molecule has 3 saturated heterocycles. The lowest BCUT2D eigenvalue weighted by Gasteiger charge is -2.40. The highest BCUT2D eigenvalue weighted by Crippen LogP contribution is 2.26. The second kappa shape index (κ2) is 7.80. The average molecular weight is 373 g/mol. The Morgan fingerprint density at radius 1 is 1.22 bits per heavy atom. The third-order valence-electron chi connectivity index (χ3n) is 5.79. The minimum atomic E-state index is -0.223. The van der Waals surface area contributed by atoms with Gasteiger partial charge in [0.05, 0.1) is 11.6 Å². The summed E-state index contributed by atoms with van der Waals surface area (Å²) in [6, 6.07) is 4.17. The minimum Gasteiger partial charge on any atom is -0.381 e. The zero-order valence-electron chi connectivity index (χ0n) is 15.8. The Morgan fingerprint density at radius 2 is 2.00 bits per heavy atom. The fourth-order valence-electron chi connectivity index (χ4n) is 4.09. The fourth-order valence-corrected chi connectivity index (χ4v) is 4.09. The summed E-state index contributed by atoms with van der Waals surface area (Å²) in [5.74, 6) is 1.19. The number of carbonyl (C=O) groups excluding carboxylic acids is 2. The number of likely N-dealkylation sites (tertiary alicyclic amines) is 1. The molecule has 0 saturated carbocycles. The van der Waals surface area contributed by atoms with Crippen LogP contribution in [0.4, 0.5) is 5.82 Å². The van der Waals surface area contributed by atoms with E-state index in [2.05, 4.69) is 20.4 Å². The quantitative estimate of drug-likeness (QED) is 0.802. The van der Waals surface area contributed by atoms with E-state index in [1.54, 1.807) is 0 Å². The molecule has 0 spiro atoms. The van der Waals surface area contributed by atoms with Crippen molar-refractivity contribution < 1.29 is 14.3 Å². The standard InChI is InChI=1S/C19H27N5O3/c1-13-2-3-17(22-21-13)23-10-14(11-23)9-20-19(26)15-8-18(25)24(12-15)16-4-6-27-7-5-16/h2-3,14-16H,4-12H2,1H3,(H,20,26). The van der Waals surface area contributed by atoms with Crippen molar-refractivity contribution in [3.05, 3.63) is 17.8 Å². The van der Waals surface area contributed by atoms with Crippen LogP contribution in [-0.2, 0) is 14.3 Å². The second-order valence-corrected chi connectivity index (χ2v) is 7.84. The number of aryl methyl sites for hydroxylation is 1. The van der Waals surface area contributed by atoms with Gasteiger partial charge in [-0.1, -0.05) is 0 Å². The molecule has 3 aliphatic heterocycles. The third kappa shape index (κ3) is 4.05. The van der Waals surface area contributed by atoms with Gasteiger partial charge in [0, 0.05) is 57.8 Å². The Bertz CT molecular complexity index is 683. The molecule has 0 aliphatic carbocycles. The predicted molar refractivity (Wildman–Crippen MR) is 99.1 cm³/mol. The van der Waals surface area contributed by atoms with E-state index in [1.165, 1.54) is 0 Å². The second-order valence-electron chi connectivity index (χ2n) is 7.84. The van der Waals surface area contributed by atoms with Gasteiger partial charge in [-0.05, 0) is 31.9 Å². The summed E-state index contributed by atoms with van der Waals surface area (Å²) in [4.78, 5) is 28.9. The zero-order valence-corrected chi connectivity index (χ0v) is 15.8. The number of aromatic nitrogens is 2. The lowest BCUT2D eigenvalue weighted by atomic mass is 9.99. The van der Waals surface area contributed by atoms with Crippen LogP contribution in [-0.4, -0.2) is 72.3 Å². The molecule has 1 N–H and O–H groups in total. The molecule has 8 heteroatoms. The van der Waals surface area contributed by atoms with Crippen LogP contribution in [0.2, 0.25) is 0 Å². The van der Waals surface area contributed by atoms with Gasteiger partial charge in [0.1, 0.15) is 0 Å². The van der Waals surface area contributed by atoms with E-state index in [0.29, 0.717) is 38.6 Å². The Morgan fingerprint density at radius 3 is 2.70 bits per heavy atom. The molecule has 4 rings (SSSR count). The molecule has 0 aromatic carbocycles. The van der Waals surface area contributed by atoms with Gasteiger partial charge in [0.2, 0.25) is 11.8 Å². The molecule has 2 amide bonds. The van der Waals surface area contributed by atoms with Crippen LogP contribution in [0.15, 0.2) is 12.1 Å².